The average molecular weight is 221 g/mol. The van der Waals surface area contributed by atoms with E-state index in [1.54, 1.807) is 0 Å². The van der Waals surface area contributed by atoms with E-state index in [1.165, 1.54) is 5.69 Å². The summed E-state index contributed by atoms with van der Waals surface area (Å²) in [5.74, 6) is 0.501. The molecule has 0 amide bonds. The van der Waals surface area contributed by atoms with E-state index < -0.39 is 0 Å². The molecule has 3 heteroatoms. The predicted molar refractivity (Wildman–Crippen MR) is 70.2 cm³/mol. The first-order valence-corrected chi connectivity index (χ1v) is 5.82. The van der Waals surface area contributed by atoms with Gasteiger partial charge in [-0.2, -0.15) is 0 Å². The third kappa shape index (κ3) is 3.81. The van der Waals surface area contributed by atoms with Gasteiger partial charge in [-0.25, -0.2) is 0 Å². The third-order valence-corrected chi connectivity index (χ3v) is 2.69. The Bertz CT molecular complexity index is 303. The molecule has 0 bridgehead atoms. The van der Waals surface area contributed by atoms with Gasteiger partial charge in [-0.05, 0) is 32.1 Å². The van der Waals surface area contributed by atoms with Crippen molar-refractivity contribution in [2.75, 3.05) is 39.1 Å². The summed E-state index contributed by atoms with van der Waals surface area (Å²) in [7, 11) is 6.29. The largest absolute Gasteiger partial charge is 0.372 e. The number of pyridine rings is 1. The topological polar surface area (TPSA) is 19.4 Å². The first-order chi connectivity index (χ1) is 7.50. The molecule has 1 rings (SSSR count). The Morgan fingerprint density at radius 2 is 1.81 bits per heavy atom. The molecule has 16 heavy (non-hydrogen) atoms. The Labute approximate surface area is 99.1 Å². The van der Waals surface area contributed by atoms with Crippen molar-refractivity contribution in [1.82, 2.24) is 9.88 Å². The zero-order valence-corrected chi connectivity index (χ0v) is 11.1. The van der Waals surface area contributed by atoms with E-state index >= 15 is 0 Å². The average Bonchev–Trinajstić information content (AvgIpc) is 2.26. The van der Waals surface area contributed by atoms with E-state index in [4.69, 9.17) is 0 Å². The number of nitrogens with zero attached hydrogens (tertiary/aromatic N) is 3. The zero-order valence-electron chi connectivity index (χ0n) is 11.1. The SMILES string of the molecule is CC(C)c1ccc(N(C)CCN(C)C)cn1. The van der Waals surface area contributed by atoms with Crippen LogP contribution in [0.4, 0.5) is 5.69 Å². The highest BCUT2D eigenvalue weighted by Gasteiger charge is 2.04. The zero-order chi connectivity index (χ0) is 12.1. The lowest BCUT2D eigenvalue weighted by molar-refractivity contribution is 0.416. The molecule has 0 atom stereocenters. The molecule has 0 radical (unpaired) electrons. The van der Waals surface area contributed by atoms with Crippen LogP contribution in [0.15, 0.2) is 18.3 Å². The molecule has 0 saturated heterocycles. The van der Waals surface area contributed by atoms with Crippen molar-refractivity contribution in [3.8, 4) is 0 Å². The van der Waals surface area contributed by atoms with E-state index in [9.17, 15) is 0 Å². The fourth-order valence-electron chi connectivity index (χ4n) is 1.44. The van der Waals surface area contributed by atoms with Gasteiger partial charge < -0.3 is 9.80 Å². The smallest absolute Gasteiger partial charge is 0.0550 e. The predicted octanol–water partition coefficient (Wildman–Crippen LogP) is 2.20. The van der Waals surface area contributed by atoms with Crippen LogP contribution in [0.5, 0.6) is 0 Å². The number of hydrogen-bond donors (Lipinski definition) is 0. The second-order valence-electron chi connectivity index (χ2n) is 4.82. The van der Waals surface area contributed by atoms with Gasteiger partial charge in [0.1, 0.15) is 0 Å². The number of hydrogen-bond acceptors (Lipinski definition) is 3. The van der Waals surface area contributed by atoms with Gasteiger partial charge in [-0.3, -0.25) is 4.98 Å². The molecule has 0 saturated carbocycles. The summed E-state index contributed by atoms with van der Waals surface area (Å²) in [4.78, 5) is 8.89. The standard InChI is InChI=1S/C13H23N3/c1-11(2)13-7-6-12(10-14-13)16(5)9-8-15(3)4/h6-7,10-11H,8-9H2,1-5H3. The molecule has 0 aromatic carbocycles. The summed E-state index contributed by atoms with van der Waals surface area (Å²) < 4.78 is 0. The number of anilines is 1. The van der Waals surface area contributed by atoms with Crippen molar-refractivity contribution in [3.05, 3.63) is 24.0 Å². The lowest BCUT2D eigenvalue weighted by atomic mass is 10.1. The fourth-order valence-corrected chi connectivity index (χ4v) is 1.44. The van der Waals surface area contributed by atoms with Crippen molar-refractivity contribution in [2.45, 2.75) is 19.8 Å². The highest BCUT2D eigenvalue weighted by atomic mass is 15.2. The van der Waals surface area contributed by atoms with Crippen LogP contribution in [0.1, 0.15) is 25.5 Å². The van der Waals surface area contributed by atoms with Gasteiger partial charge in [-0.1, -0.05) is 13.8 Å². The van der Waals surface area contributed by atoms with Gasteiger partial charge in [-0.15, -0.1) is 0 Å². The van der Waals surface area contributed by atoms with Gasteiger partial charge in [0.2, 0.25) is 0 Å². The van der Waals surface area contributed by atoms with Crippen LogP contribution in [-0.4, -0.2) is 44.1 Å². The van der Waals surface area contributed by atoms with Gasteiger partial charge in [0.05, 0.1) is 11.9 Å². The summed E-state index contributed by atoms with van der Waals surface area (Å²) in [6.07, 6.45) is 1.96. The van der Waals surface area contributed by atoms with Crippen molar-refractivity contribution in [2.24, 2.45) is 0 Å². The van der Waals surface area contributed by atoms with Crippen molar-refractivity contribution in [3.63, 3.8) is 0 Å². The second-order valence-corrected chi connectivity index (χ2v) is 4.82. The maximum Gasteiger partial charge on any atom is 0.0550 e. The number of aromatic nitrogens is 1. The minimum atomic E-state index is 0.501. The summed E-state index contributed by atoms with van der Waals surface area (Å²) in [6, 6.07) is 4.27. The van der Waals surface area contributed by atoms with E-state index in [0.717, 1.165) is 18.8 Å². The molecular weight excluding hydrogens is 198 g/mol. The maximum atomic E-state index is 4.47. The minimum Gasteiger partial charge on any atom is -0.372 e. The van der Waals surface area contributed by atoms with E-state index in [2.05, 4.69) is 61.9 Å². The van der Waals surface area contributed by atoms with Crippen LogP contribution in [0.25, 0.3) is 0 Å². The molecular formula is C13H23N3. The lowest BCUT2D eigenvalue weighted by Crippen LogP contribution is -2.28. The monoisotopic (exact) mass is 221 g/mol. The summed E-state index contributed by atoms with van der Waals surface area (Å²) in [6.45, 7) is 6.41. The molecule has 0 fully saturated rings. The quantitative estimate of drug-likeness (QED) is 0.760. The Morgan fingerprint density at radius 3 is 2.25 bits per heavy atom. The van der Waals surface area contributed by atoms with Crippen LogP contribution in [0.2, 0.25) is 0 Å². The molecule has 90 valence electrons. The molecule has 0 aliphatic carbocycles. The Morgan fingerprint density at radius 1 is 1.12 bits per heavy atom. The molecule has 0 aliphatic rings. The number of likely N-dealkylation sites (N-methyl/N-ethyl adjacent to an activating group) is 2. The summed E-state index contributed by atoms with van der Waals surface area (Å²) in [5, 5.41) is 0. The third-order valence-electron chi connectivity index (χ3n) is 2.69. The van der Waals surface area contributed by atoms with Crippen molar-refractivity contribution >= 4 is 5.69 Å². The molecule has 0 spiro atoms. The molecule has 1 heterocycles. The first-order valence-electron chi connectivity index (χ1n) is 5.82. The van der Waals surface area contributed by atoms with Crippen LogP contribution in [-0.2, 0) is 0 Å². The highest BCUT2D eigenvalue weighted by Crippen LogP contribution is 2.15. The Hall–Kier alpha value is -1.09. The molecule has 1 aromatic heterocycles. The molecule has 0 unspecified atom stereocenters. The van der Waals surface area contributed by atoms with Gasteiger partial charge in [0, 0.05) is 25.8 Å². The van der Waals surface area contributed by atoms with Crippen LogP contribution < -0.4 is 4.90 Å². The molecule has 3 nitrogen and oxygen atoms in total. The Kier molecular flexibility index (Phi) is 4.74. The van der Waals surface area contributed by atoms with E-state index in [-0.39, 0.29) is 0 Å². The molecule has 0 aliphatic heterocycles. The highest BCUT2D eigenvalue weighted by molar-refractivity contribution is 5.43. The van der Waals surface area contributed by atoms with E-state index in [1.807, 2.05) is 6.20 Å². The van der Waals surface area contributed by atoms with E-state index in [0.29, 0.717) is 5.92 Å². The summed E-state index contributed by atoms with van der Waals surface area (Å²) >= 11 is 0. The maximum absolute atomic E-state index is 4.47. The summed E-state index contributed by atoms with van der Waals surface area (Å²) in [5.41, 5.74) is 2.34. The van der Waals surface area contributed by atoms with Gasteiger partial charge >= 0.3 is 0 Å². The lowest BCUT2D eigenvalue weighted by Gasteiger charge is -2.21. The second kappa shape index (κ2) is 5.85. The van der Waals surface area contributed by atoms with Crippen LogP contribution in [0.3, 0.4) is 0 Å². The molecule has 1 aromatic rings. The van der Waals surface area contributed by atoms with Gasteiger partial charge in [0.15, 0.2) is 0 Å². The normalized spacial score (nSPS) is 11.2. The van der Waals surface area contributed by atoms with Crippen molar-refractivity contribution < 1.29 is 0 Å². The first kappa shape index (κ1) is 13.0. The van der Waals surface area contributed by atoms with Crippen molar-refractivity contribution in [1.29, 1.82) is 0 Å². The number of rotatable bonds is 5. The Balaban J connectivity index is 2.59. The molecule has 0 N–H and O–H groups in total. The fraction of sp³-hybridized carbons (Fsp3) is 0.615. The minimum absolute atomic E-state index is 0.501. The van der Waals surface area contributed by atoms with Crippen LogP contribution in [0, 0.1) is 0 Å². The van der Waals surface area contributed by atoms with Gasteiger partial charge in [0.25, 0.3) is 0 Å². The van der Waals surface area contributed by atoms with Crippen LogP contribution >= 0.6 is 0 Å².